The van der Waals surface area contributed by atoms with Crippen molar-refractivity contribution in [2.24, 2.45) is 0 Å². The molecule has 0 bridgehead atoms. The normalized spacial score (nSPS) is 12.1. The van der Waals surface area contributed by atoms with Gasteiger partial charge in [0.25, 0.3) is 0 Å². The Kier molecular flexibility index (Phi) is 26.7. The van der Waals surface area contributed by atoms with Crippen molar-refractivity contribution in [3.63, 3.8) is 0 Å². The molecule has 0 heterocycles. The van der Waals surface area contributed by atoms with Gasteiger partial charge in [-0.3, -0.25) is 9.59 Å². The average molecular weight is 497 g/mol. The minimum atomic E-state index is -0.879. The van der Waals surface area contributed by atoms with Gasteiger partial charge in [-0.15, -0.1) is 0 Å². The van der Waals surface area contributed by atoms with Crippen LogP contribution in [-0.4, -0.2) is 23.1 Å². The van der Waals surface area contributed by atoms with Crippen LogP contribution in [0.4, 0.5) is 0 Å². The van der Waals surface area contributed by atoms with Crippen LogP contribution in [0.15, 0.2) is 0 Å². The number of hydrogen-bond acceptors (Lipinski definition) is 3. The van der Waals surface area contributed by atoms with Gasteiger partial charge in [0, 0.05) is 6.42 Å². The summed E-state index contributed by atoms with van der Waals surface area (Å²) >= 11 is 0. The van der Waals surface area contributed by atoms with E-state index in [2.05, 4.69) is 13.8 Å². The molecule has 0 aliphatic heterocycles. The van der Waals surface area contributed by atoms with Crippen LogP contribution in [0.5, 0.6) is 0 Å². The largest absolute Gasteiger partial charge is 0.481 e. The Labute approximate surface area is 218 Å². The summed E-state index contributed by atoms with van der Waals surface area (Å²) in [4.78, 5) is 23.4. The minimum absolute atomic E-state index is 0.0680. The number of carbonyl (C=O) groups excluding carboxylic acids is 1. The molecule has 1 atom stereocenters. The van der Waals surface area contributed by atoms with Crippen molar-refractivity contribution in [2.75, 3.05) is 0 Å². The fourth-order valence-electron chi connectivity index (χ4n) is 4.79. The highest BCUT2D eigenvalue weighted by Gasteiger charge is 2.17. The fourth-order valence-corrected chi connectivity index (χ4v) is 4.79. The first-order chi connectivity index (χ1) is 17.1. The molecule has 4 nitrogen and oxygen atoms in total. The molecule has 0 aliphatic rings. The second kappa shape index (κ2) is 27.5. The zero-order chi connectivity index (χ0) is 25.8. The predicted molar refractivity (Wildman–Crippen MR) is 149 cm³/mol. The Morgan fingerprint density at radius 2 is 0.886 bits per heavy atom. The molecule has 208 valence electrons. The van der Waals surface area contributed by atoms with Gasteiger partial charge >= 0.3 is 11.9 Å². The number of unbranched alkanes of at least 4 members (excludes halogenated alkanes) is 21. The Morgan fingerprint density at radius 1 is 0.543 bits per heavy atom. The number of carbonyl (C=O) groups is 2. The number of aliphatic carboxylic acids is 1. The maximum atomic E-state index is 12.2. The van der Waals surface area contributed by atoms with Crippen LogP contribution in [-0.2, 0) is 14.3 Å². The second-order valence-corrected chi connectivity index (χ2v) is 10.7. The molecule has 0 fully saturated rings. The van der Waals surface area contributed by atoms with Crippen molar-refractivity contribution in [3.8, 4) is 0 Å². The lowest BCUT2D eigenvalue weighted by atomic mass is 10.0. The summed E-state index contributed by atoms with van der Waals surface area (Å²) in [5.41, 5.74) is 0. The van der Waals surface area contributed by atoms with E-state index in [0.717, 1.165) is 25.7 Å². The molecule has 0 rings (SSSR count). The first kappa shape index (κ1) is 33.9. The van der Waals surface area contributed by atoms with Crippen LogP contribution in [0.2, 0.25) is 0 Å². The van der Waals surface area contributed by atoms with E-state index in [0.29, 0.717) is 12.8 Å². The molecule has 0 radical (unpaired) electrons. The molecule has 0 aliphatic carbocycles. The summed E-state index contributed by atoms with van der Waals surface area (Å²) in [5.74, 6) is -1.10. The van der Waals surface area contributed by atoms with Gasteiger partial charge in [-0.05, 0) is 19.3 Å². The van der Waals surface area contributed by atoms with E-state index in [4.69, 9.17) is 9.84 Å². The number of hydrogen-bond donors (Lipinski definition) is 1. The SMILES string of the molecule is CCCCCCCCCCCCCCCCC(=O)OC(CCCCCCCCCCC)CC(=O)O. The van der Waals surface area contributed by atoms with Gasteiger partial charge in [0.15, 0.2) is 0 Å². The molecule has 1 N–H and O–H groups in total. The first-order valence-corrected chi connectivity index (χ1v) is 15.5. The van der Waals surface area contributed by atoms with Crippen LogP contribution < -0.4 is 0 Å². The molecule has 0 amide bonds. The molecule has 0 aromatic heterocycles. The number of carboxylic acids is 1. The molecule has 0 saturated carbocycles. The van der Waals surface area contributed by atoms with Crippen LogP contribution in [0, 0.1) is 0 Å². The molecular weight excluding hydrogens is 436 g/mol. The monoisotopic (exact) mass is 496 g/mol. The average Bonchev–Trinajstić information content (AvgIpc) is 2.82. The molecular formula is C31H60O4. The van der Waals surface area contributed by atoms with Crippen molar-refractivity contribution in [1.29, 1.82) is 0 Å². The molecule has 4 heteroatoms. The first-order valence-electron chi connectivity index (χ1n) is 15.5. The van der Waals surface area contributed by atoms with Gasteiger partial charge < -0.3 is 9.84 Å². The summed E-state index contributed by atoms with van der Waals surface area (Å²) in [6, 6.07) is 0. The van der Waals surface area contributed by atoms with E-state index in [1.54, 1.807) is 0 Å². The van der Waals surface area contributed by atoms with Crippen LogP contribution >= 0.6 is 0 Å². The minimum Gasteiger partial charge on any atom is -0.481 e. The third-order valence-corrected chi connectivity index (χ3v) is 7.06. The highest BCUT2D eigenvalue weighted by Crippen LogP contribution is 2.16. The number of rotatable bonds is 28. The summed E-state index contributed by atoms with van der Waals surface area (Å²) < 4.78 is 5.53. The Balaban J connectivity index is 3.64. The third kappa shape index (κ3) is 27.4. The highest BCUT2D eigenvalue weighted by molar-refractivity contribution is 5.71. The van der Waals surface area contributed by atoms with Gasteiger partial charge in [0.05, 0.1) is 6.42 Å². The van der Waals surface area contributed by atoms with E-state index in [1.807, 2.05) is 0 Å². The second-order valence-electron chi connectivity index (χ2n) is 10.7. The zero-order valence-electron chi connectivity index (χ0n) is 23.6. The standard InChI is InChI=1S/C31H60O4/c1-3-5-7-9-11-13-14-15-16-17-19-21-23-25-27-31(34)35-29(28-30(32)33)26-24-22-20-18-12-10-8-6-4-2/h29H,3-28H2,1-2H3,(H,32,33). The van der Waals surface area contributed by atoms with Crippen LogP contribution in [0.1, 0.15) is 181 Å². The van der Waals surface area contributed by atoms with Gasteiger partial charge in [0.1, 0.15) is 6.10 Å². The zero-order valence-corrected chi connectivity index (χ0v) is 23.6. The summed E-state index contributed by atoms with van der Waals surface area (Å²) in [7, 11) is 0. The number of ether oxygens (including phenoxy) is 1. The van der Waals surface area contributed by atoms with Gasteiger partial charge in [0.2, 0.25) is 0 Å². The van der Waals surface area contributed by atoms with E-state index in [9.17, 15) is 9.59 Å². The van der Waals surface area contributed by atoms with Crippen LogP contribution in [0.25, 0.3) is 0 Å². The molecule has 35 heavy (non-hydrogen) atoms. The van der Waals surface area contributed by atoms with Crippen molar-refractivity contribution in [1.82, 2.24) is 0 Å². The van der Waals surface area contributed by atoms with Gasteiger partial charge in [-0.25, -0.2) is 0 Å². The van der Waals surface area contributed by atoms with Gasteiger partial charge in [-0.1, -0.05) is 149 Å². The van der Waals surface area contributed by atoms with Crippen LogP contribution in [0.3, 0.4) is 0 Å². The van der Waals surface area contributed by atoms with Crippen molar-refractivity contribution >= 4 is 11.9 Å². The molecule has 0 saturated heterocycles. The Hall–Kier alpha value is -1.06. The maximum absolute atomic E-state index is 12.2. The maximum Gasteiger partial charge on any atom is 0.307 e. The Bertz CT molecular complexity index is 463. The predicted octanol–water partition coefficient (Wildman–Crippen LogP) is 10.2. The van der Waals surface area contributed by atoms with Crippen molar-refractivity contribution in [3.05, 3.63) is 0 Å². The lowest BCUT2D eigenvalue weighted by Gasteiger charge is -2.16. The molecule has 0 aromatic carbocycles. The molecule has 0 spiro atoms. The lowest BCUT2D eigenvalue weighted by molar-refractivity contribution is -0.153. The molecule has 0 aromatic rings. The Morgan fingerprint density at radius 3 is 1.26 bits per heavy atom. The van der Waals surface area contributed by atoms with E-state index in [1.165, 1.54) is 122 Å². The molecule has 1 unspecified atom stereocenters. The van der Waals surface area contributed by atoms with E-state index < -0.39 is 12.1 Å². The third-order valence-electron chi connectivity index (χ3n) is 7.06. The van der Waals surface area contributed by atoms with Crippen molar-refractivity contribution in [2.45, 2.75) is 187 Å². The van der Waals surface area contributed by atoms with E-state index >= 15 is 0 Å². The number of carboxylic acid groups (broad SMARTS) is 1. The quantitative estimate of drug-likeness (QED) is 0.0864. The highest BCUT2D eigenvalue weighted by atomic mass is 16.5. The van der Waals surface area contributed by atoms with Crippen molar-refractivity contribution < 1.29 is 19.4 Å². The topological polar surface area (TPSA) is 63.6 Å². The fraction of sp³-hybridized carbons (Fsp3) is 0.935. The number of esters is 1. The smallest absolute Gasteiger partial charge is 0.307 e. The summed E-state index contributed by atoms with van der Waals surface area (Å²) in [6.07, 6.45) is 29.7. The lowest BCUT2D eigenvalue weighted by Crippen LogP contribution is -2.21. The summed E-state index contributed by atoms with van der Waals surface area (Å²) in [6.45, 7) is 4.50. The van der Waals surface area contributed by atoms with E-state index in [-0.39, 0.29) is 12.4 Å². The van der Waals surface area contributed by atoms with Gasteiger partial charge in [-0.2, -0.15) is 0 Å². The summed E-state index contributed by atoms with van der Waals surface area (Å²) in [5, 5.41) is 9.16.